The van der Waals surface area contributed by atoms with Crippen LogP contribution in [0.15, 0.2) is 35.9 Å². The third-order valence-electron chi connectivity index (χ3n) is 5.40. The number of nitrogens with zero attached hydrogens (tertiary/aromatic N) is 2. The van der Waals surface area contributed by atoms with Crippen LogP contribution in [-0.2, 0) is 19.0 Å². The monoisotopic (exact) mass is 426 g/mol. The maximum absolute atomic E-state index is 12.9. The highest BCUT2D eigenvalue weighted by molar-refractivity contribution is 6.31. The predicted molar refractivity (Wildman–Crippen MR) is 106 cm³/mol. The van der Waals surface area contributed by atoms with Crippen LogP contribution in [-0.4, -0.2) is 29.5 Å². The minimum absolute atomic E-state index is 0.354. The fourth-order valence-electron chi connectivity index (χ4n) is 4.09. The van der Waals surface area contributed by atoms with Gasteiger partial charge in [0.25, 0.3) is 0 Å². The van der Waals surface area contributed by atoms with E-state index in [4.69, 9.17) is 23.2 Å². The number of fused-ring (bicyclic) bond motifs is 2. The lowest BCUT2D eigenvalue weighted by molar-refractivity contribution is -0.141. The van der Waals surface area contributed by atoms with Crippen LogP contribution < -0.4 is 0 Å². The molecule has 0 fully saturated rings. The summed E-state index contributed by atoms with van der Waals surface area (Å²) in [5.74, 6) is 0. The van der Waals surface area contributed by atoms with Gasteiger partial charge in [0.1, 0.15) is 0 Å². The van der Waals surface area contributed by atoms with Gasteiger partial charge in [0.15, 0.2) is 5.69 Å². The molecule has 0 amide bonds. The average Bonchev–Trinajstić information content (AvgIpc) is 2.99. The van der Waals surface area contributed by atoms with Gasteiger partial charge in [-0.2, -0.15) is 13.2 Å². The first-order valence-corrected chi connectivity index (χ1v) is 10.0. The summed E-state index contributed by atoms with van der Waals surface area (Å²) < 4.78 is 38.8. The molecule has 1 aliphatic heterocycles. The summed E-state index contributed by atoms with van der Waals surface area (Å²) in [4.78, 5) is 6.09. The van der Waals surface area contributed by atoms with E-state index in [0.29, 0.717) is 12.1 Å². The van der Waals surface area contributed by atoms with E-state index in [1.165, 1.54) is 28.3 Å². The standard InChI is InChI=1S/C21H19Cl2F3N2/c22-15-4-3-13-10-14-12-28(9-7-17(14)18(13)11-15)8-1-2-16-5-6-19(23)20(27-16)21(24,25)26/h3-6,11H,1-2,7-10,12H2. The Kier molecular flexibility index (Phi) is 5.43. The Hall–Kier alpha value is -1.56. The first kappa shape index (κ1) is 19.7. The third kappa shape index (κ3) is 4.07. The molecule has 1 aromatic carbocycles. The smallest absolute Gasteiger partial charge is 0.299 e. The minimum atomic E-state index is -4.52. The Morgan fingerprint density at radius 3 is 2.71 bits per heavy atom. The molecule has 7 heteroatoms. The molecule has 0 atom stereocenters. The van der Waals surface area contributed by atoms with Crippen LogP contribution in [0.1, 0.15) is 35.4 Å². The first-order valence-electron chi connectivity index (χ1n) is 9.26. The van der Waals surface area contributed by atoms with Crippen LogP contribution >= 0.6 is 23.2 Å². The van der Waals surface area contributed by atoms with Crippen molar-refractivity contribution in [2.45, 2.75) is 31.9 Å². The molecule has 28 heavy (non-hydrogen) atoms. The number of hydrogen-bond donors (Lipinski definition) is 0. The summed E-state index contributed by atoms with van der Waals surface area (Å²) in [6.45, 7) is 2.69. The molecule has 1 aliphatic carbocycles. The largest absolute Gasteiger partial charge is 0.434 e. The van der Waals surface area contributed by atoms with Crippen LogP contribution in [0.25, 0.3) is 5.57 Å². The van der Waals surface area contributed by atoms with Gasteiger partial charge in [0, 0.05) is 23.8 Å². The molecule has 2 nitrogen and oxygen atoms in total. The molecular formula is C21H19Cl2F3N2. The van der Waals surface area contributed by atoms with E-state index in [-0.39, 0.29) is 5.02 Å². The number of aromatic nitrogens is 1. The quantitative estimate of drug-likeness (QED) is 0.590. The van der Waals surface area contributed by atoms with Gasteiger partial charge < -0.3 is 0 Å². The molecule has 0 radical (unpaired) electrons. The van der Waals surface area contributed by atoms with Gasteiger partial charge in [-0.25, -0.2) is 4.98 Å². The van der Waals surface area contributed by atoms with Crippen molar-refractivity contribution in [1.82, 2.24) is 9.88 Å². The lowest BCUT2D eigenvalue weighted by atomic mass is 9.99. The van der Waals surface area contributed by atoms with E-state index in [2.05, 4.69) is 22.0 Å². The summed E-state index contributed by atoms with van der Waals surface area (Å²) in [6.07, 6.45) is -1.32. The van der Waals surface area contributed by atoms with Gasteiger partial charge in [0.2, 0.25) is 0 Å². The van der Waals surface area contributed by atoms with Crippen molar-refractivity contribution >= 4 is 28.8 Å². The topological polar surface area (TPSA) is 16.1 Å². The molecule has 0 N–H and O–H groups in total. The van der Waals surface area contributed by atoms with Gasteiger partial charge in [0.05, 0.1) is 5.02 Å². The number of halogens is 5. The van der Waals surface area contributed by atoms with Crippen LogP contribution in [0, 0.1) is 0 Å². The lowest BCUT2D eigenvalue weighted by Gasteiger charge is -2.28. The van der Waals surface area contributed by atoms with Crippen LogP contribution in [0.4, 0.5) is 13.2 Å². The van der Waals surface area contributed by atoms with Gasteiger partial charge in [-0.05, 0) is 78.8 Å². The number of benzene rings is 1. The number of hydrogen-bond acceptors (Lipinski definition) is 2. The zero-order chi connectivity index (χ0) is 19.9. The first-order chi connectivity index (χ1) is 13.3. The molecule has 4 rings (SSSR count). The molecule has 0 saturated heterocycles. The van der Waals surface area contributed by atoms with Gasteiger partial charge in [-0.1, -0.05) is 29.3 Å². The van der Waals surface area contributed by atoms with Crippen molar-refractivity contribution in [2.75, 3.05) is 19.6 Å². The van der Waals surface area contributed by atoms with Crippen molar-refractivity contribution in [3.05, 3.63) is 68.5 Å². The third-order valence-corrected chi connectivity index (χ3v) is 5.94. The number of pyridine rings is 1. The summed E-state index contributed by atoms with van der Waals surface area (Å²) in [7, 11) is 0. The molecule has 1 aromatic heterocycles. The normalized spacial score (nSPS) is 17.0. The number of alkyl halides is 3. The molecule has 0 unspecified atom stereocenters. The SMILES string of the molecule is FC(F)(F)c1nc(CCCN2CCC3=C(Cc4ccc(Cl)cc43)C2)ccc1Cl. The predicted octanol–water partition coefficient (Wildman–Crippen LogP) is 6.06. The second kappa shape index (κ2) is 7.69. The molecule has 2 aliphatic rings. The molecule has 2 heterocycles. The van der Waals surface area contributed by atoms with Crippen molar-refractivity contribution in [1.29, 1.82) is 0 Å². The highest BCUT2D eigenvalue weighted by atomic mass is 35.5. The Morgan fingerprint density at radius 2 is 1.93 bits per heavy atom. The molecule has 0 saturated carbocycles. The zero-order valence-corrected chi connectivity index (χ0v) is 16.6. The number of rotatable bonds is 4. The molecule has 0 bridgehead atoms. The summed E-state index contributed by atoms with van der Waals surface area (Å²) >= 11 is 11.8. The average molecular weight is 427 g/mol. The Balaban J connectivity index is 1.35. The van der Waals surface area contributed by atoms with E-state index >= 15 is 0 Å². The van der Waals surface area contributed by atoms with Gasteiger partial charge in [-0.15, -0.1) is 0 Å². The minimum Gasteiger partial charge on any atom is -0.299 e. The summed E-state index contributed by atoms with van der Waals surface area (Å²) in [5.41, 5.74) is 4.90. The summed E-state index contributed by atoms with van der Waals surface area (Å²) in [5, 5.41) is 0.413. The van der Waals surface area contributed by atoms with E-state index in [0.717, 1.165) is 43.9 Å². The maximum Gasteiger partial charge on any atom is 0.434 e. The maximum atomic E-state index is 12.9. The Labute approximate surface area is 172 Å². The highest BCUT2D eigenvalue weighted by Gasteiger charge is 2.35. The Bertz CT molecular complexity index is 938. The lowest BCUT2D eigenvalue weighted by Crippen LogP contribution is -2.32. The molecule has 0 spiro atoms. The van der Waals surface area contributed by atoms with E-state index in [1.807, 2.05) is 6.07 Å². The highest BCUT2D eigenvalue weighted by Crippen LogP contribution is 2.39. The summed E-state index contributed by atoms with van der Waals surface area (Å²) in [6, 6.07) is 8.95. The van der Waals surface area contributed by atoms with Gasteiger partial charge in [-0.3, -0.25) is 4.90 Å². The fraction of sp³-hybridized carbons (Fsp3) is 0.381. The van der Waals surface area contributed by atoms with Gasteiger partial charge >= 0.3 is 6.18 Å². The molecule has 148 valence electrons. The van der Waals surface area contributed by atoms with Crippen molar-refractivity contribution in [2.24, 2.45) is 0 Å². The van der Waals surface area contributed by atoms with Crippen molar-refractivity contribution in [3.63, 3.8) is 0 Å². The number of aryl methyl sites for hydroxylation is 1. The Morgan fingerprint density at radius 1 is 1.11 bits per heavy atom. The fourth-order valence-corrected chi connectivity index (χ4v) is 4.47. The zero-order valence-electron chi connectivity index (χ0n) is 15.1. The van der Waals surface area contributed by atoms with Crippen molar-refractivity contribution in [3.8, 4) is 0 Å². The molecule has 2 aromatic rings. The van der Waals surface area contributed by atoms with E-state index in [9.17, 15) is 13.2 Å². The van der Waals surface area contributed by atoms with E-state index in [1.54, 1.807) is 6.07 Å². The van der Waals surface area contributed by atoms with Crippen molar-refractivity contribution < 1.29 is 13.2 Å². The van der Waals surface area contributed by atoms with E-state index < -0.39 is 11.9 Å². The van der Waals surface area contributed by atoms with Crippen LogP contribution in [0.2, 0.25) is 10.0 Å². The van der Waals surface area contributed by atoms with Crippen LogP contribution in [0.3, 0.4) is 0 Å². The molecular weight excluding hydrogens is 408 g/mol. The second-order valence-corrected chi connectivity index (χ2v) is 8.16. The second-order valence-electron chi connectivity index (χ2n) is 7.32. The van der Waals surface area contributed by atoms with Crippen LogP contribution in [0.5, 0.6) is 0 Å².